The van der Waals surface area contributed by atoms with E-state index in [-0.39, 0.29) is 0 Å². The van der Waals surface area contributed by atoms with Crippen molar-refractivity contribution in [2.24, 2.45) is 4.99 Å². The van der Waals surface area contributed by atoms with Crippen LogP contribution in [0, 0.1) is 0 Å². The largest absolute Gasteiger partial charge is 0.481 e. The number of nitrogens with zero attached hydrogens (tertiary/aromatic N) is 5. The molecule has 0 unspecified atom stereocenters. The molecule has 0 saturated heterocycles. The van der Waals surface area contributed by atoms with E-state index in [2.05, 4.69) is 25.9 Å². The molecule has 2 aromatic heterocycles. The number of aliphatic imine (C=N–C) groups is 1. The van der Waals surface area contributed by atoms with E-state index in [0.717, 1.165) is 50.6 Å². The summed E-state index contributed by atoms with van der Waals surface area (Å²) in [6.07, 6.45) is 8.23. The number of hydrogen-bond donors (Lipinski definition) is 0. The first-order valence-corrected chi connectivity index (χ1v) is 8.91. The molecule has 2 aromatic rings. The van der Waals surface area contributed by atoms with Crippen LogP contribution >= 0.6 is 0 Å². The lowest BCUT2D eigenvalue weighted by Gasteiger charge is -2.28. The van der Waals surface area contributed by atoms with Crippen LogP contribution in [0.4, 0.5) is 0 Å². The molecule has 0 bridgehead atoms. The molecule has 6 nitrogen and oxygen atoms in total. The van der Waals surface area contributed by atoms with Gasteiger partial charge >= 0.3 is 0 Å². The molecule has 0 spiro atoms. The maximum Gasteiger partial charge on any atom is 0.212 e. The molecular weight excluding hydrogens is 314 g/mol. The molecule has 0 aromatic carbocycles. The molecule has 4 heterocycles. The molecule has 0 amide bonds. The van der Waals surface area contributed by atoms with Gasteiger partial charge in [-0.1, -0.05) is 6.07 Å². The summed E-state index contributed by atoms with van der Waals surface area (Å²) in [6, 6.07) is 3.98. The maximum atomic E-state index is 5.12. The highest BCUT2D eigenvalue weighted by Crippen LogP contribution is 2.20. The lowest BCUT2D eigenvalue weighted by Crippen LogP contribution is -2.31. The Bertz CT molecular complexity index is 772. The van der Waals surface area contributed by atoms with Crippen molar-refractivity contribution in [3.05, 3.63) is 47.2 Å². The maximum absolute atomic E-state index is 5.12. The van der Waals surface area contributed by atoms with Gasteiger partial charge in [-0.2, -0.15) is 0 Å². The average molecular weight is 337 g/mol. The highest BCUT2D eigenvalue weighted by Gasteiger charge is 2.20. The first-order chi connectivity index (χ1) is 12.3. The van der Waals surface area contributed by atoms with Gasteiger partial charge in [-0.3, -0.25) is 9.89 Å². The van der Waals surface area contributed by atoms with E-state index in [1.165, 1.54) is 29.7 Å². The van der Waals surface area contributed by atoms with Crippen LogP contribution in [-0.2, 0) is 19.5 Å². The number of aromatic nitrogens is 3. The van der Waals surface area contributed by atoms with Gasteiger partial charge in [0.1, 0.15) is 0 Å². The summed E-state index contributed by atoms with van der Waals surface area (Å²) in [4.78, 5) is 20.7. The summed E-state index contributed by atoms with van der Waals surface area (Å²) in [6.45, 7) is 3.68. The summed E-state index contributed by atoms with van der Waals surface area (Å²) in [5, 5.41) is 0. The Balaban J connectivity index is 1.45. The van der Waals surface area contributed by atoms with Crippen LogP contribution in [-0.4, -0.2) is 45.8 Å². The molecule has 0 atom stereocenters. The van der Waals surface area contributed by atoms with Crippen molar-refractivity contribution >= 4 is 5.71 Å². The van der Waals surface area contributed by atoms with Crippen LogP contribution in [0.25, 0.3) is 0 Å². The molecule has 25 heavy (non-hydrogen) atoms. The third kappa shape index (κ3) is 3.69. The first-order valence-electron chi connectivity index (χ1n) is 8.91. The van der Waals surface area contributed by atoms with Crippen molar-refractivity contribution in [3.63, 3.8) is 0 Å². The van der Waals surface area contributed by atoms with Gasteiger partial charge in [0, 0.05) is 56.6 Å². The number of pyridine rings is 1. The zero-order valence-electron chi connectivity index (χ0n) is 14.6. The smallest absolute Gasteiger partial charge is 0.212 e. The van der Waals surface area contributed by atoms with Crippen LogP contribution in [0.2, 0.25) is 0 Å². The van der Waals surface area contributed by atoms with E-state index < -0.39 is 0 Å². The SMILES string of the molecule is COc1ccc(CN2CCc3nc(C4=NCCCC4)ncc3C2)cn1. The van der Waals surface area contributed by atoms with Crippen LogP contribution in [0.3, 0.4) is 0 Å². The van der Waals surface area contributed by atoms with E-state index in [4.69, 9.17) is 9.72 Å². The summed E-state index contributed by atoms with van der Waals surface area (Å²) in [5.41, 5.74) is 4.69. The van der Waals surface area contributed by atoms with Gasteiger partial charge in [-0.15, -0.1) is 0 Å². The molecule has 2 aliphatic heterocycles. The zero-order valence-corrected chi connectivity index (χ0v) is 14.6. The van der Waals surface area contributed by atoms with Crippen LogP contribution in [0.1, 0.15) is 41.9 Å². The molecular formula is C19H23N5O. The van der Waals surface area contributed by atoms with E-state index in [1.54, 1.807) is 7.11 Å². The molecule has 6 heteroatoms. The number of fused-ring (bicyclic) bond motifs is 1. The normalized spacial score (nSPS) is 17.7. The minimum Gasteiger partial charge on any atom is -0.481 e. The fourth-order valence-corrected chi connectivity index (χ4v) is 3.41. The summed E-state index contributed by atoms with van der Waals surface area (Å²) < 4.78 is 5.12. The van der Waals surface area contributed by atoms with Gasteiger partial charge in [-0.25, -0.2) is 15.0 Å². The lowest BCUT2D eigenvalue weighted by molar-refractivity contribution is 0.242. The van der Waals surface area contributed by atoms with Crippen molar-refractivity contribution in [2.75, 3.05) is 20.2 Å². The second-order valence-corrected chi connectivity index (χ2v) is 6.62. The predicted octanol–water partition coefficient (Wildman–Crippen LogP) is 2.41. The molecule has 0 N–H and O–H groups in total. The van der Waals surface area contributed by atoms with Gasteiger partial charge in [0.05, 0.1) is 18.5 Å². The minimum atomic E-state index is 0.652. The van der Waals surface area contributed by atoms with Crippen molar-refractivity contribution in [2.45, 2.75) is 38.8 Å². The zero-order chi connectivity index (χ0) is 17.1. The monoisotopic (exact) mass is 337 g/mol. The molecule has 2 aliphatic rings. The number of methoxy groups -OCH3 is 1. The third-order valence-corrected chi connectivity index (χ3v) is 4.81. The van der Waals surface area contributed by atoms with Crippen LogP contribution in [0.15, 0.2) is 29.5 Å². The second kappa shape index (κ2) is 7.27. The van der Waals surface area contributed by atoms with Crippen molar-refractivity contribution in [1.29, 1.82) is 0 Å². The van der Waals surface area contributed by atoms with Crippen molar-refractivity contribution in [3.8, 4) is 5.88 Å². The number of ether oxygens (including phenoxy) is 1. The van der Waals surface area contributed by atoms with E-state index in [9.17, 15) is 0 Å². The minimum absolute atomic E-state index is 0.652. The highest BCUT2D eigenvalue weighted by molar-refractivity contribution is 5.97. The van der Waals surface area contributed by atoms with Gasteiger partial charge in [0.25, 0.3) is 0 Å². The molecule has 0 fully saturated rings. The summed E-state index contributed by atoms with van der Waals surface area (Å²) >= 11 is 0. The molecule has 4 rings (SSSR count). The molecule has 0 saturated carbocycles. The Morgan fingerprint density at radius 3 is 2.84 bits per heavy atom. The Morgan fingerprint density at radius 1 is 1.12 bits per heavy atom. The quantitative estimate of drug-likeness (QED) is 0.857. The van der Waals surface area contributed by atoms with Crippen LogP contribution < -0.4 is 4.74 Å². The highest BCUT2D eigenvalue weighted by atomic mass is 16.5. The molecule has 130 valence electrons. The fourth-order valence-electron chi connectivity index (χ4n) is 3.41. The Hall–Kier alpha value is -2.34. The van der Waals surface area contributed by atoms with Gasteiger partial charge in [0.15, 0.2) is 5.82 Å². The predicted molar refractivity (Wildman–Crippen MR) is 95.9 cm³/mol. The average Bonchev–Trinajstić information content (AvgIpc) is 2.69. The summed E-state index contributed by atoms with van der Waals surface area (Å²) in [5.74, 6) is 1.49. The number of rotatable bonds is 4. The Labute approximate surface area is 148 Å². The van der Waals surface area contributed by atoms with Gasteiger partial charge < -0.3 is 4.74 Å². The van der Waals surface area contributed by atoms with Crippen molar-refractivity contribution in [1.82, 2.24) is 19.9 Å². The standard InChI is InChI=1S/C19H23N5O/c1-25-18-6-5-14(10-21-18)12-24-9-7-16-15(13-24)11-22-19(23-16)17-4-2-3-8-20-17/h5-6,10-11H,2-4,7-9,12-13H2,1H3. The van der Waals surface area contributed by atoms with Crippen molar-refractivity contribution < 1.29 is 4.74 Å². The Kier molecular flexibility index (Phi) is 4.70. The van der Waals surface area contributed by atoms with Gasteiger partial charge in [-0.05, 0) is 24.8 Å². The van der Waals surface area contributed by atoms with E-state index in [1.807, 2.05) is 18.5 Å². The van der Waals surface area contributed by atoms with Gasteiger partial charge in [0.2, 0.25) is 5.88 Å². The third-order valence-electron chi connectivity index (χ3n) is 4.81. The summed E-state index contributed by atoms with van der Waals surface area (Å²) in [7, 11) is 1.64. The molecule has 0 radical (unpaired) electrons. The topological polar surface area (TPSA) is 63.5 Å². The Morgan fingerprint density at radius 2 is 2.08 bits per heavy atom. The number of hydrogen-bond acceptors (Lipinski definition) is 6. The lowest BCUT2D eigenvalue weighted by atomic mass is 10.0. The second-order valence-electron chi connectivity index (χ2n) is 6.62. The van der Waals surface area contributed by atoms with Crippen LogP contribution in [0.5, 0.6) is 5.88 Å². The molecule has 0 aliphatic carbocycles. The van der Waals surface area contributed by atoms with E-state index >= 15 is 0 Å². The van der Waals surface area contributed by atoms with E-state index in [0.29, 0.717) is 5.88 Å². The fraction of sp³-hybridized carbons (Fsp3) is 0.474. The first kappa shape index (κ1) is 16.1.